The molecule has 4 rings (SSSR count). The van der Waals surface area contributed by atoms with Crippen molar-refractivity contribution >= 4 is 23.6 Å². The van der Waals surface area contributed by atoms with Gasteiger partial charge in [0.1, 0.15) is 5.69 Å². The first-order valence-corrected chi connectivity index (χ1v) is 10.3. The summed E-state index contributed by atoms with van der Waals surface area (Å²) in [5, 5.41) is 2.59. The number of fused-ring (bicyclic) bond motifs is 1. The molecule has 170 valence electrons. The lowest BCUT2D eigenvalue weighted by atomic mass is 10.2. The molecule has 1 N–H and O–H groups in total. The lowest BCUT2D eigenvalue weighted by Crippen LogP contribution is -2.31. The third-order valence-electron chi connectivity index (χ3n) is 5.27. The Labute approximate surface area is 189 Å². The van der Waals surface area contributed by atoms with E-state index in [0.29, 0.717) is 22.9 Å². The molecule has 1 unspecified atom stereocenters. The van der Waals surface area contributed by atoms with Crippen LogP contribution in [0.1, 0.15) is 18.2 Å². The number of carbonyl (C=O) groups is 2. The Morgan fingerprint density at radius 2 is 1.85 bits per heavy atom. The van der Waals surface area contributed by atoms with Crippen LogP contribution >= 0.6 is 0 Å². The smallest absolute Gasteiger partial charge is 0.331 e. The zero-order chi connectivity index (χ0) is 23.5. The van der Waals surface area contributed by atoms with Gasteiger partial charge in [0, 0.05) is 13.1 Å². The second-order valence-electron chi connectivity index (χ2n) is 7.45. The number of anilines is 1. The highest BCUT2D eigenvalue weighted by molar-refractivity contribution is 5.97. The fourth-order valence-corrected chi connectivity index (χ4v) is 3.39. The number of hydrogen-bond acceptors (Lipinski definition) is 6. The topological polar surface area (TPSA) is 101 Å². The molecule has 0 spiro atoms. The number of ether oxygens (including phenoxy) is 3. The average molecular weight is 449 g/mol. The molecule has 0 saturated carbocycles. The molecule has 9 heteroatoms. The molecule has 0 aliphatic carbocycles. The summed E-state index contributed by atoms with van der Waals surface area (Å²) >= 11 is 0. The summed E-state index contributed by atoms with van der Waals surface area (Å²) in [7, 11) is 1.73. The van der Waals surface area contributed by atoms with Gasteiger partial charge >= 0.3 is 5.97 Å². The number of aromatic nitrogens is 2. The molecule has 2 aromatic carbocycles. The van der Waals surface area contributed by atoms with Gasteiger partial charge in [-0.2, -0.15) is 0 Å². The fraction of sp³-hybridized carbons (Fsp3) is 0.208. The van der Waals surface area contributed by atoms with Crippen molar-refractivity contribution in [1.82, 2.24) is 9.36 Å². The van der Waals surface area contributed by atoms with Gasteiger partial charge in [-0.25, -0.2) is 9.48 Å². The van der Waals surface area contributed by atoms with Crippen molar-refractivity contribution in [1.29, 1.82) is 0 Å². The quantitative estimate of drug-likeness (QED) is 0.459. The molecule has 1 amide bonds. The van der Waals surface area contributed by atoms with Gasteiger partial charge in [0.25, 0.3) is 11.5 Å². The van der Waals surface area contributed by atoms with Crippen LogP contribution in [0.3, 0.4) is 0 Å². The molecule has 0 bridgehead atoms. The van der Waals surface area contributed by atoms with Crippen molar-refractivity contribution in [2.75, 3.05) is 12.1 Å². The number of amides is 1. The lowest BCUT2D eigenvalue weighted by molar-refractivity contribution is -0.148. The van der Waals surface area contributed by atoms with Crippen LogP contribution in [0.15, 0.2) is 59.4 Å². The lowest BCUT2D eigenvalue weighted by Gasteiger charge is -2.11. The van der Waals surface area contributed by atoms with Gasteiger partial charge in [0.2, 0.25) is 6.79 Å². The second kappa shape index (κ2) is 9.07. The standard InChI is InChI=1S/C24H23N3O6/c1-15-22(24(30)27(26(15)3)18-7-5-4-6-8-18)25-23(29)16(2)33-21(28)12-10-17-9-11-19-20(13-17)32-14-31-19/h4-13,16H,14H2,1-3H3,(H,25,29)/b12-10+. The van der Waals surface area contributed by atoms with Gasteiger partial charge in [-0.1, -0.05) is 24.3 Å². The van der Waals surface area contributed by atoms with Gasteiger partial charge in [-0.05, 0) is 49.8 Å². The van der Waals surface area contributed by atoms with Crippen LogP contribution in [0.5, 0.6) is 11.5 Å². The van der Waals surface area contributed by atoms with Gasteiger partial charge in [0.05, 0.1) is 11.4 Å². The Balaban J connectivity index is 1.42. The number of nitrogens with zero attached hydrogens (tertiary/aromatic N) is 2. The molecule has 9 nitrogen and oxygen atoms in total. The summed E-state index contributed by atoms with van der Waals surface area (Å²) in [6.45, 7) is 3.32. The first kappa shape index (κ1) is 21.9. The molecule has 1 aromatic heterocycles. The number of esters is 1. The highest BCUT2D eigenvalue weighted by Crippen LogP contribution is 2.32. The molecule has 2 heterocycles. The van der Waals surface area contributed by atoms with E-state index in [4.69, 9.17) is 14.2 Å². The van der Waals surface area contributed by atoms with Crippen LogP contribution in [-0.2, 0) is 21.4 Å². The van der Waals surface area contributed by atoms with Crippen molar-refractivity contribution in [3.63, 3.8) is 0 Å². The van der Waals surface area contributed by atoms with E-state index >= 15 is 0 Å². The van der Waals surface area contributed by atoms with E-state index in [9.17, 15) is 14.4 Å². The number of carbonyl (C=O) groups excluding carboxylic acids is 2. The summed E-state index contributed by atoms with van der Waals surface area (Å²) < 4.78 is 18.8. The minimum absolute atomic E-state index is 0.130. The number of hydrogen-bond donors (Lipinski definition) is 1. The third-order valence-corrected chi connectivity index (χ3v) is 5.27. The van der Waals surface area contributed by atoms with Crippen molar-refractivity contribution < 1.29 is 23.8 Å². The number of para-hydroxylation sites is 1. The van der Waals surface area contributed by atoms with E-state index in [1.807, 2.05) is 18.2 Å². The van der Waals surface area contributed by atoms with E-state index in [2.05, 4.69) is 5.32 Å². The SMILES string of the molecule is Cc1c(NC(=O)C(C)OC(=O)/C=C/c2ccc3c(c2)OCO3)c(=O)n(-c2ccccc2)n1C. The van der Waals surface area contributed by atoms with Crippen molar-refractivity contribution in [3.8, 4) is 17.2 Å². The van der Waals surface area contributed by atoms with E-state index in [1.165, 1.54) is 17.7 Å². The number of benzene rings is 2. The molecule has 33 heavy (non-hydrogen) atoms. The Morgan fingerprint density at radius 3 is 2.61 bits per heavy atom. The van der Waals surface area contributed by atoms with E-state index in [-0.39, 0.29) is 18.0 Å². The molecular formula is C24H23N3O6. The molecule has 3 aromatic rings. The molecular weight excluding hydrogens is 426 g/mol. The van der Waals surface area contributed by atoms with Crippen LogP contribution in [0.25, 0.3) is 11.8 Å². The summed E-state index contributed by atoms with van der Waals surface area (Å²) in [6.07, 6.45) is 1.66. The van der Waals surface area contributed by atoms with Crippen LogP contribution in [0, 0.1) is 6.92 Å². The zero-order valence-corrected chi connectivity index (χ0v) is 18.4. The van der Waals surface area contributed by atoms with Crippen molar-refractivity contribution in [2.45, 2.75) is 20.0 Å². The Kier molecular flexibility index (Phi) is 6.03. The molecule has 0 fully saturated rings. The van der Waals surface area contributed by atoms with E-state index < -0.39 is 18.0 Å². The predicted octanol–water partition coefficient (Wildman–Crippen LogP) is 2.80. The van der Waals surface area contributed by atoms with Crippen molar-refractivity contribution in [2.24, 2.45) is 7.05 Å². The minimum Gasteiger partial charge on any atom is -0.454 e. The maximum atomic E-state index is 12.9. The maximum Gasteiger partial charge on any atom is 0.331 e. The molecule has 0 saturated heterocycles. The molecule has 1 atom stereocenters. The molecule has 1 aliphatic rings. The summed E-state index contributed by atoms with van der Waals surface area (Å²) in [5.74, 6) is -0.0622. The van der Waals surface area contributed by atoms with Crippen molar-refractivity contribution in [3.05, 3.63) is 76.2 Å². The first-order chi connectivity index (χ1) is 15.8. The number of nitrogens with one attached hydrogen (secondary N) is 1. The monoisotopic (exact) mass is 449 g/mol. The fourth-order valence-electron chi connectivity index (χ4n) is 3.39. The average Bonchev–Trinajstić information content (AvgIpc) is 3.36. The normalized spacial score (nSPS) is 13.2. The first-order valence-electron chi connectivity index (χ1n) is 10.3. The number of rotatable bonds is 6. The largest absolute Gasteiger partial charge is 0.454 e. The van der Waals surface area contributed by atoms with E-state index in [0.717, 1.165) is 5.56 Å². The summed E-state index contributed by atoms with van der Waals surface area (Å²) in [4.78, 5) is 37.7. The minimum atomic E-state index is -1.11. The van der Waals surface area contributed by atoms with Crippen LogP contribution in [0.2, 0.25) is 0 Å². The summed E-state index contributed by atoms with van der Waals surface area (Å²) in [6, 6.07) is 14.3. The van der Waals surface area contributed by atoms with Gasteiger partial charge in [0.15, 0.2) is 17.6 Å². The molecule has 0 radical (unpaired) electrons. The predicted molar refractivity (Wildman–Crippen MR) is 122 cm³/mol. The Morgan fingerprint density at radius 1 is 1.12 bits per heavy atom. The third kappa shape index (κ3) is 4.52. The summed E-state index contributed by atoms with van der Waals surface area (Å²) in [5.41, 5.74) is 1.70. The highest BCUT2D eigenvalue weighted by atomic mass is 16.7. The Bertz CT molecular complexity index is 1290. The second-order valence-corrected chi connectivity index (χ2v) is 7.45. The zero-order valence-electron chi connectivity index (χ0n) is 18.4. The van der Waals surface area contributed by atoms with Gasteiger partial charge < -0.3 is 19.5 Å². The van der Waals surface area contributed by atoms with Crippen LogP contribution < -0.4 is 20.3 Å². The maximum absolute atomic E-state index is 12.9. The van der Waals surface area contributed by atoms with Crippen LogP contribution in [0.4, 0.5) is 5.69 Å². The van der Waals surface area contributed by atoms with Crippen LogP contribution in [-0.4, -0.2) is 34.1 Å². The van der Waals surface area contributed by atoms with Gasteiger partial charge in [-0.15, -0.1) is 0 Å². The Hall–Kier alpha value is -4.27. The highest BCUT2D eigenvalue weighted by Gasteiger charge is 2.22. The molecule has 1 aliphatic heterocycles. The van der Waals surface area contributed by atoms with E-state index in [1.54, 1.807) is 55.1 Å². The van der Waals surface area contributed by atoms with Gasteiger partial charge in [-0.3, -0.25) is 14.3 Å².